The molecular formula is C32H20LiN2O-. The first-order chi connectivity index (χ1) is 17.3. The molecule has 4 heteroatoms. The van der Waals surface area contributed by atoms with Gasteiger partial charge in [0.15, 0.2) is 0 Å². The Morgan fingerprint density at radius 3 is 2.19 bits per heavy atom. The van der Waals surface area contributed by atoms with Gasteiger partial charge in [0.1, 0.15) is 5.52 Å². The van der Waals surface area contributed by atoms with Crippen LogP contribution in [0.1, 0.15) is 0 Å². The van der Waals surface area contributed by atoms with Crippen LogP contribution in [0.3, 0.4) is 0 Å². The first-order valence-electron chi connectivity index (χ1n) is 11.7. The van der Waals surface area contributed by atoms with Crippen LogP contribution in [0.2, 0.25) is 0 Å². The third kappa shape index (κ3) is 3.53. The van der Waals surface area contributed by atoms with Crippen LogP contribution in [0, 0.1) is 0 Å². The second kappa shape index (κ2) is 8.81. The summed E-state index contributed by atoms with van der Waals surface area (Å²) in [5.41, 5.74) is 4.89. The van der Waals surface area contributed by atoms with Crippen LogP contribution in [0.4, 0.5) is 0 Å². The number of H-pyrrole nitrogens is 1. The van der Waals surface area contributed by atoms with Gasteiger partial charge in [-0.3, -0.25) is 0 Å². The van der Waals surface area contributed by atoms with Gasteiger partial charge in [-0.05, 0) is 63.0 Å². The van der Waals surface area contributed by atoms with E-state index in [2.05, 4.69) is 70.6 Å². The van der Waals surface area contributed by atoms with Crippen molar-refractivity contribution in [2.75, 3.05) is 0 Å². The van der Waals surface area contributed by atoms with E-state index in [1.165, 1.54) is 16.2 Å². The average molecular weight is 455 g/mol. The zero-order valence-electron chi connectivity index (χ0n) is 19.8. The van der Waals surface area contributed by atoms with Crippen LogP contribution in [0.5, 0.6) is 5.75 Å². The third-order valence-corrected chi connectivity index (χ3v) is 6.86. The van der Waals surface area contributed by atoms with E-state index < -0.39 is 0 Å². The number of benzene rings is 5. The minimum absolute atomic E-state index is 0. The number of aromatic nitrogens is 2. The summed E-state index contributed by atoms with van der Waals surface area (Å²) in [6, 6.07) is 36.8. The number of hydrogen-bond donors (Lipinski definition) is 0. The van der Waals surface area contributed by atoms with E-state index in [4.69, 9.17) is 0 Å². The van der Waals surface area contributed by atoms with Crippen LogP contribution in [0.15, 0.2) is 115 Å². The second-order valence-corrected chi connectivity index (χ2v) is 8.88. The van der Waals surface area contributed by atoms with E-state index in [0.717, 1.165) is 38.4 Å². The van der Waals surface area contributed by atoms with E-state index in [1.807, 2.05) is 48.5 Å². The van der Waals surface area contributed by atoms with Gasteiger partial charge in [-0.15, -0.1) is 0 Å². The number of nitrogens with one attached hydrogen (secondary N) is 1. The molecule has 0 saturated carbocycles. The minimum atomic E-state index is 0. The third-order valence-electron chi connectivity index (χ3n) is 6.86. The van der Waals surface area contributed by atoms with Gasteiger partial charge in [-0.25, -0.2) is 9.97 Å². The SMILES string of the molecule is [Li-].[O-]c1c(-c2ccc3ccc4ccccc4c3c2)cccc1-c1ccc2ccc3cccnc3c2[nH+]1. The maximum absolute atomic E-state index is 13.7. The van der Waals surface area contributed by atoms with Gasteiger partial charge in [0.05, 0.1) is 0 Å². The van der Waals surface area contributed by atoms with Crippen LogP contribution in [-0.2, 0) is 0 Å². The van der Waals surface area contributed by atoms with Gasteiger partial charge in [0.2, 0.25) is 11.2 Å². The predicted molar refractivity (Wildman–Crippen MR) is 147 cm³/mol. The van der Waals surface area contributed by atoms with Gasteiger partial charge in [0, 0.05) is 28.6 Å². The number of fused-ring (bicyclic) bond motifs is 6. The van der Waals surface area contributed by atoms with E-state index in [1.54, 1.807) is 6.20 Å². The number of para-hydroxylation sites is 1. The van der Waals surface area contributed by atoms with E-state index in [0.29, 0.717) is 11.1 Å². The Labute approximate surface area is 220 Å². The Balaban J connectivity index is 0.00000240. The molecule has 36 heavy (non-hydrogen) atoms. The van der Waals surface area contributed by atoms with Crippen molar-refractivity contribution in [2.24, 2.45) is 0 Å². The molecule has 0 saturated heterocycles. The molecule has 0 amide bonds. The summed E-state index contributed by atoms with van der Waals surface area (Å²) in [5.74, 6) is 0.0101. The smallest absolute Gasteiger partial charge is 0.237 e. The van der Waals surface area contributed by atoms with E-state index in [9.17, 15) is 5.11 Å². The first-order valence-corrected chi connectivity index (χ1v) is 11.7. The van der Waals surface area contributed by atoms with E-state index >= 15 is 0 Å². The Morgan fingerprint density at radius 1 is 0.583 bits per heavy atom. The van der Waals surface area contributed by atoms with Crippen molar-refractivity contribution in [1.29, 1.82) is 0 Å². The first kappa shape index (κ1) is 22.3. The maximum Gasteiger partial charge on any atom is 0.237 e. The van der Waals surface area contributed by atoms with Gasteiger partial charge in [0.25, 0.3) is 0 Å². The molecule has 2 aromatic heterocycles. The predicted octanol–water partition coefficient (Wildman–Crippen LogP) is 6.54. The van der Waals surface area contributed by atoms with Crippen LogP contribution >= 0.6 is 0 Å². The fourth-order valence-corrected chi connectivity index (χ4v) is 5.08. The minimum Gasteiger partial charge on any atom is -1.00 e. The van der Waals surface area contributed by atoms with Crippen molar-refractivity contribution in [3.05, 3.63) is 115 Å². The zero-order chi connectivity index (χ0) is 23.4. The van der Waals surface area contributed by atoms with Crippen molar-refractivity contribution in [1.82, 2.24) is 4.98 Å². The molecule has 7 rings (SSSR count). The Morgan fingerprint density at radius 2 is 1.28 bits per heavy atom. The summed E-state index contributed by atoms with van der Waals surface area (Å²) in [4.78, 5) is 8.07. The van der Waals surface area contributed by atoms with Crippen molar-refractivity contribution >= 4 is 62.2 Å². The van der Waals surface area contributed by atoms with Crippen molar-refractivity contribution in [2.45, 2.75) is 0 Å². The average Bonchev–Trinajstić information content (AvgIpc) is 2.92. The molecule has 5 aromatic carbocycles. The molecule has 2 heterocycles. The summed E-state index contributed by atoms with van der Waals surface area (Å²) in [6.45, 7) is 0. The van der Waals surface area contributed by atoms with Gasteiger partial charge < -0.3 is 24.0 Å². The monoisotopic (exact) mass is 455 g/mol. The fourth-order valence-electron chi connectivity index (χ4n) is 5.08. The molecule has 0 bridgehead atoms. The summed E-state index contributed by atoms with van der Waals surface area (Å²) in [6.07, 6.45) is 1.80. The number of pyridine rings is 2. The van der Waals surface area contributed by atoms with Crippen molar-refractivity contribution in [3.63, 3.8) is 0 Å². The van der Waals surface area contributed by atoms with Gasteiger partial charge in [-0.1, -0.05) is 78.5 Å². The molecule has 0 aliphatic carbocycles. The molecular weight excluding hydrogens is 435 g/mol. The topological polar surface area (TPSA) is 50.1 Å². The maximum atomic E-state index is 13.7. The Bertz CT molecular complexity index is 1790. The molecule has 0 unspecified atom stereocenters. The molecule has 2 radical (unpaired) electrons. The number of nitrogens with zero attached hydrogens (tertiary/aromatic N) is 1. The van der Waals surface area contributed by atoms with Crippen molar-refractivity contribution < 1.29 is 10.1 Å². The Kier molecular flexibility index (Phi) is 5.46. The summed E-state index contributed by atoms with van der Waals surface area (Å²) < 4.78 is 0. The fraction of sp³-hybridized carbons (Fsp3) is 0. The number of rotatable bonds is 2. The Hall–Kier alpha value is -4.16. The number of aromatic amines is 1. The van der Waals surface area contributed by atoms with Gasteiger partial charge in [-0.2, -0.15) is 0 Å². The molecule has 0 fully saturated rings. The molecule has 3 nitrogen and oxygen atoms in total. The van der Waals surface area contributed by atoms with E-state index in [-0.39, 0.29) is 24.6 Å². The molecule has 166 valence electrons. The molecule has 7 aromatic rings. The van der Waals surface area contributed by atoms with Crippen molar-refractivity contribution in [3.8, 4) is 28.1 Å². The standard InChI is InChI=1S/C32H20N2O.Li/c35-32-26(24-15-12-21-11-10-20-5-1-2-7-25(20)28(21)19-24)8-3-9-27(32)29-17-16-23-14-13-22-6-4-18-33-30(22)31(23)34-29;/h1-19,35H;/q;-1. The molecule has 0 spiro atoms. The summed E-state index contributed by atoms with van der Waals surface area (Å²) in [5, 5.41) is 20.6. The number of hydrogen-bond acceptors (Lipinski definition) is 2. The normalized spacial score (nSPS) is 11.2. The molecule has 0 atom stereocenters. The molecule has 0 aliphatic rings. The largest absolute Gasteiger partial charge is 1.00 e. The summed E-state index contributed by atoms with van der Waals surface area (Å²) in [7, 11) is 0. The zero-order valence-corrected chi connectivity index (χ0v) is 19.8. The van der Waals surface area contributed by atoms with Crippen LogP contribution < -0.4 is 10.1 Å². The van der Waals surface area contributed by atoms with Crippen LogP contribution in [-0.4, -0.2) is 23.8 Å². The quantitative estimate of drug-likeness (QED) is 0.220. The second-order valence-electron chi connectivity index (χ2n) is 8.88. The molecule has 0 aliphatic heterocycles. The summed E-state index contributed by atoms with van der Waals surface area (Å²) >= 11 is 0. The van der Waals surface area contributed by atoms with Crippen LogP contribution in [0.25, 0.3) is 65.7 Å². The van der Waals surface area contributed by atoms with Gasteiger partial charge >= 0.3 is 0 Å². The molecule has 1 N–H and O–H groups in total.